The Hall–Kier alpha value is -3.64. The van der Waals surface area contributed by atoms with Crippen LogP contribution in [0.4, 0.5) is 20.3 Å². The van der Waals surface area contributed by atoms with Gasteiger partial charge in [-0.15, -0.1) is 0 Å². The van der Waals surface area contributed by atoms with Crippen LogP contribution in [0.3, 0.4) is 0 Å². The van der Waals surface area contributed by atoms with Gasteiger partial charge in [0.15, 0.2) is 5.82 Å². The molecule has 4 heterocycles. The number of pyridine rings is 1. The topological polar surface area (TPSA) is 110 Å². The largest absolute Gasteiger partial charge is 0.378 e. The molecule has 45 heavy (non-hydrogen) atoms. The standard InChI is InChI=1S/C33H44F2N6O4/c1-23(24-9-8-10-26(21-24)33(34,35)25-11-13-36-14-12-25)37-30-27-22-28(40-16-19-45-20-17-40)31(43)41(15-6-4-3-5-7-18-42)29(27)32(44)39(2)38-30/h8-10,18,21-23,25,36H,3-7,11-17,19-20H2,1-2H3,(H,37,38). The van der Waals surface area contributed by atoms with Crippen molar-refractivity contribution in [1.29, 1.82) is 0 Å². The van der Waals surface area contributed by atoms with E-state index in [0.717, 1.165) is 25.5 Å². The third kappa shape index (κ3) is 7.27. The second-order valence-electron chi connectivity index (χ2n) is 12.1. The number of nitrogens with zero attached hydrogens (tertiary/aromatic N) is 4. The molecule has 2 saturated heterocycles. The van der Waals surface area contributed by atoms with Crippen LogP contribution in [-0.4, -0.2) is 60.0 Å². The van der Waals surface area contributed by atoms with E-state index in [9.17, 15) is 14.4 Å². The summed E-state index contributed by atoms with van der Waals surface area (Å²) in [5, 5.41) is 11.6. The smallest absolute Gasteiger partial charge is 0.291 e. The molecule has 2 N–H and O–H groups in total. The number of ether oxygens (including phenoxy) is 1. The van der Waals surface area contributed by atoms with Crippen LogP contribution in [0.5, 0.6) is 0 Å². The minimum absolute atomic E-state index is 0.00425. The van der Waals surface area contributed by atoms with Gasteiger partial charge in [0.2, 0.25) is 0 Å². The maximum Gasteiger partial charge on any atom is 0.291 e. The highest BCUT2D eigenvalue weighted by atomic mass is 19.3. The van der Waals surface area contributed by atoms with Gasteiger partial charge in [0.25, 0.3) is 17.0 Å². The van der Waals surface area contributed by atoms with Crippen molar-refractivity contribution < 1.29 is 18.3 Å². The summed E-state index contributed by atoms with van der Waals surface area (Å²) in [5.41, 5.74) is 0.757. The van der Waals surface area contributed by atoms with Crippen LogP contribution in [0.2, 0.25) is 0 Å². The molecule has 2 aromatic heterocycles. The van der Waals surface area contributed by atoms with Crippen molar-refractivity contribution in [1.82, 2.24) is 19.7 Å². The van der Waals surface area contributed by atoms with Crippen molar-refractivity contribution in [3.63, 3.8) is 0 Å². The van der Waals surface area contributed by atoms with E-state index < -0.39 is 23.4 Å². The van der Waals surface area contributed by atoms with E-state index in [1.54, 1.807) is 29.8 Å². The summed E-state index contributed by atoms with van der Waals surface area (Å²) >= 11 is 0. The number of unbranched alkanes of at least 4 members (excludes halogenated alkanes) is 4. The first kappa shape index (κ1) is 32.7. The van der Waals surface area contributed by atoms with E-state index in [1.165, 1.54) is 10.7 Å². The zero-order chi connectivity index (χ0) is 32.0. The van der Waals surface area contributed by atoms with Gasteiger partial charge in [-0.05, 0) is 63.4 Å². The lowest BCUT2D eigenvalue weighted by Gasteiger charge is -2.31. The molecule has 3 aromatic rings. The maximum atomic E-state index is 15.5. The summed E-state index contributed by atoms with van der Waals surface area (Å²) in [7, 11) is 1.54. The van der Waals surface area contributed by atoms with Crippen LogP contribution in [0.1, 0.15) is 69.0 Å². The minimum Gasteiger partial charge on any atom is -0.378 e. The van der Waals surface area contributed by atoms with Crippen LogP contribution in [0.15, 0.2) is 39.9 Å². The maximum absolute atomic E-state index is 15.5. The molecule has 0 amide bonds. The number of nitrogens with one attached hydrogen (secondary N) is 2. The molecule has 12 heteroatoms. The Kier molecular flexibility index (Phi) is 10.7. The Bertz CT molecular complexity index is 1590. The molecular weight excluding hydrogens is 582 g/mol. The van der Waals surface area contributed by atoms with E-state index in [2.05, 4.69) is 15.7 Å². The van der Waals surface area contributed by atoms with Crippen molar-refractivity contribution in [2.24, 2.45) is 13.0 Å². The first-order valence-electron chi connectivity index (χ1n) is 16.1. The Morgan fingerprint density at radius 3 is 2.56 bits per heavy atom. The fourth-order valence-corrected chi connectivity index (χ4v) is 6.39. The summed E-state index contributed by atoms with van der Waals surface area (Å²) in [6.07, 6.45) is 5.39. The zero-order valence-electron chi connectivity index (χ0n) is 26.2. The Morgan fingerprint density at radius 2 is 1.82 bits per heavy atom. The van der Waals surface area contributed by atoms with E-state index >= 15 is 8.78 Å². The number of rotatable bonds is 13. The molecule has 2 fully saturated rings. The number of carbonyl (C=O) groups is 1. The highest BCUT2D eigenvalue weighted by molar-refractivity contribution is 5.91. The number of hydrogen-bond donors (Lipinski definition) is 2. The predicted octanol–water partition coefficient (Wildman–Crippen LogP) is 4.35. The number of hydrogen-bond acceptors (Lipinski definition) is 8. The van der Waals surface area contributed by atoms with Gasteiger partial charge in [-0.3, -0.25) is 9.59 Å². The number of morpholine rings is 1. The van der Waals surface area contributed by atoms with E-state index in [4.69, 9.17) is 4.74 Å². The van der Waals surface area contributed by atoms with Gasteiger partial charge in [-0.25, -0.2) is 13.5 Å². The molecule has 0 bridgehead atoms. The molecule has 0 saturated carbocycles. The van der Waals surface area contributed by atoms with Crippen LogP contribution in [0, 0.1) is 5.92 Å². The second-order valence-corrected chi connectivity index (χ2v) is 12.1. The van der Waals surface area contributed by atoms with E-state index in [1.807, 2.05) is 17.9 Å². The first-order valence-corrected chi connectivity index (χ1v) is 16.1. The number of aldehydes is 1. The number of anilines is 2. The van der Waals surface area contributed by atoms with E-state index in [-0.39, 0.29) is 16.6 Å². The highest BCUT2D eigenvalue weighted by Gasteiger charge is 2.41. The molecule has 1 unspecified atom stereocenters. The van der Waals surface area contributed by atoms with Crippen molar-refractivity contribution in [3.8, 4) is 0 Å². The lowest BCUT2D eigenvalue weighted by atomic mass is 9.86. The molecule has 5 rings (SSSR count). The quantitative estimate of drug-likeness (QED) is 0.213. The number of carbonyl (C=O) groups excluding carboxylic acids is 1. The Labute approximate surface area is 261 Å². The van der Waals surface area contributed by atoms with Gasteiger partial charge in [0, 0.05) is 44.6 Å². The van der Waals surface area contributed by atoms with E-state index in [0.29, 0.717) is 94.1 Å². The average molecular weight is 627 g/mol. The predicted molar refractivity (Wildman–Crippen MR) is 171 cm³/mol. The molecule has 1 aromatic carbocycles. The lowest BCUT2D eigenvalue weighted by molar-refractivity contribution is -0.107. The van der Waals surface area contributed by atoms with Crippen molar-refractivity contribution in [2.75, 3.05) is 49.6 Å². The van der Waals surface area contributed by atoms with Crippen LogP contribution >= 0.6 is 0 Å². The third-order valence-electron chi connectivity index (χ3n) is 9.05. The summed E-state index contributed by atoms with van der Waals surface area (Å²) in [6.45, 7) is 5.45. The van der Waals surface area contributed by atoms with Gasteiger partial charge < -0.3 is 29.6 Å². The zero-order valence-corrected chi connectivity index (χ0v) is 26.2. The van der Waals surface area contributed by atoms with Gasteiger partial charge in [0.1, 0.15) is 17.5 Å². The van der Waals surface area contributed by atoms with Gasteiger partial charge in [0.05, 0.1) is 24.6 Å². The lowest BCUT2D eigenvalue weighted by Crippen LogP contribution is -2.41. The van der Waals surface area contributed by atoms with Gasteiger partial charge in [-0.1, -0.05) is 31.0 Å². The van der Waals surface area contributed by atoms with Crippen molar-refractivity contribution >= 4 is 28.7 Å². The number of alkyl halides is 2. The highest BCUT2D eigenvalue weighted by Crippen LogP contribution is 2.41. The molecule has 10 nitrogen and oxygen atoms in total. The van der Waals surface area contributed by atoms with Crippen LogP contribution in [0.25, 0.3) is 10.9 Å². The molecule has 0 aliphatic carbocycles. The first-order chi connectivity index (χ1) is 21.7. The fourth-order valence-electron chi connectivity index (χ4n) is 6.39. The molecule has 2 aliphatic rings. The molecule has 1 atom stereocenters. The second kappa shape index (κ2) is 14.6. The number of halogens is 2. The van der Waals surface area contributed by atoms with Crippen molar-refractivity contribution in [3.05, 3.63) is 62.2 Å². The summed E-state index contributed by atoms with van der Waals surface area (Å²) in [5.74, 6) is -3.27. The Morgan fingerprint density at radius 1 is 1.09 bits per heavy atom. The van der Waals surface area contributed by atoms with Gasteiger partial charge in [-0.2, -0.15) is 5.10 Å². The summed E-state index contributed by atoms with van der Waals surface area (Å²) < 4.78 is 39.4. The normalized spacial score (nSPS) is 17.0. The third-order valence-corrected chi connectivity index (χ3v) is 9.05. The summed E-state index contributed by atoms with van der Waals surface area (Å²) in [4.78, 5) is 40.1. The van der Waals surface area contributed by atoms with Gasteiger partial charge >= 0.3 is 0 Å². The molecule has 0 radical (unpaired) electrons. The van der Waals surface area contributed by atoms with Crippen LogP contribution in [-0.2, 0) is 29.0 Å². The van der Waals surface area contributed by atoms with Crippen molar-refractivity contribution in [2.45, 2.75) is 70.4 Å². The minimum atomic E-state index is -2.95. The van der Waals surface area contributed by atoms with Crippen LogP contribution < -0.4 is 26.7 Å². The average Bonchev–Trinajstić information content (AvgIpc) is 3.06. The fraction of sp³-hybridized carbons (Fsp3) is 0.576. The molecular formula is C33H44F2N6O4. The Balaban J connectivity index is 1.51. The molecule has 0 spiro atoms. The SMILES string of the molecule is CC(Nc1nn(C)c(=O)c2c1cc(N1CCOCC1)c(=O)n2CCCCCCC=O)c1cccc(C(F)(F)C2CCNCC2)c1. The molecule has 244 valence electrons. The number of benzene rings is 1. The number of aryl methyl sites for hydroxylation is 2. The number of aromatic nitrogens is 3. The summed E-state index contributed by atoms with van der Waals surface area (Å²) in [6, 6.07) is 7.83. The number of fused-ring (bicyclic) bond motifs is 1. The molecule has 2 aliphatic heterocycles. The monoisotopic (exact) mass is 626 g/mol. The number of piperidine rings is 1.